The molecule has 1 heterocycles. The summed E-state index contributed by atoms with van der Waals surface area (Å²) in [5, 5.41) is 10.4. The summed E-state index contributed by atoms with van der Waals surface area (Å²) in [5.41, 5.74) is 1.08. The quantitative estimate of drug-likeness (QED) is 0.789. The lowest BCUT2D eigenvalue weighted by Gasteiger charge is -1.97. The van der Waals surface area contributed by atoms with Gasteiger partial charge in [-0.05, 0) is 36.3 Å². The molecule has 0 saturated heterocycles. The van der Waals surface area contributed by atoms with Gasteiger partial charge in [-0.1, -0.05) is 6.07 Å². The highest BCUT2D eigenvalue weighted by atomic mass is 32.2. The summed E-state index contributed by atoms with van der Waals surface area (Å²) in [6.07, 6.45) is 2.08. The number of fused-ring (bicyclic) bond motifs is 1. The number of benzene rings is 1. The monoisotopic (exact) mass is 224 g/mol. The smallest absolute Gasteiger partial charge is 0.0698 e. The molecule has 0 amide bonds. The predicted molar refractivity (Wildman–Crippen MR) is 64.3 cm³/mol. The second kappa shape index (κ2) is 3.93. The molecular formula is C11H12OS2. The highest BCUT2D eigenvalue weighted by molar-refractivity contribution is 7.98. The second-order valence-corrected chi connectivity index (χ2v) is 5.29. The van der Waals surface area contributed by atoms with Crippen LogP contribution in [-0.2, 0) is 6.61 Å². The van der Waals surface area contributed by atoms with Gasteiger partial charge >= 0.3 is 0 Å². The Morgan fingerprint density at radius 1 is 1.43 bits per heavy atom. The first kappa shape index (κ1) is 10.0. The van der Waals surface area contributed by atoms with Crippen LogP contribution in [0, 0.1) is 6.92 Å². The van der Waals surface area contributed by atoms with E-state index in [1.54, 1.807) is 23.1 Å². The van der Waals surface area contributed by atoms with Crippen LogP contribution in [0.15, 0.2) is 23.1 Å². The van der Waals surface area contributed by atoms with Crippen LogP contribution in [0.25, 0.3) is 10.1 Å². The van der Waals surface area contributed by atoms with Gasteiger partial charge in [-0.15, -0.1) is 23.1 Å². The topological polar surface area (TPSA) is 20.2 Å². The third kappa shape index (κ3) is 1.56. The Bertz CT molecular complexity index is 460. The average Bonchev–Trinajstić information content (AvgIpc) is 2.51. The van der Waals surface area contributed by atoms with Crippen LogP contribution in [-0.4, -0.2) is 11.4 Å². The molecule has 74 valence electrons. The number of rotatable bonds is 2. The fourth-order valence-corrected chi connectivity index (χ4v) is 3.21. The van der Waals surface area contributed by atoms with Crippen molar-refractivity contribution < 1.29 is 5.11 Å². The zero-order chi connectivity index (χ0) is 10.1. The summed E-state index contributed by atoms with van der Waals surface area (Å²) >= 11 is 3.51. The lowest BCUT2D eigenvalue weighted by molar-refractivity contribution is 0.283. The Hall–Kier alpha value is -0.510. The molecule has 0 saturated carbocycles. The first-order chi connectivity index (χ1) is 6.76. The van der Waals surface area contributed by atoms with Crippen LogP contribution in [0.2, 0.25) is 0 Å². The zero-order valence-electron chi connectivity index (χ0n) is 8.20. The summed E-state index contributed by atoms with van der Waals surface area (Å²) in [6, 6.07) is 6.41. The van der Waals surface area contributed by atoms with Crippen molar-refractivity contribution in [2.24, 2.45) is 0 Å². The first-order valence-corrected chi connectivity index (χ1v) is 6.47. The number of thiophene rings is 1. The van der Waals surface area contributed by atoms with E-state index in [0.29, 0.717) is 0 Å². The summed E-state index contributed by atoms with van der Waals surface area (Å²) in [5.74, 6) is 0. The van der Waals surface area contributed by atoms with Crippen molar-refractivity contribution in [3.63, 3.8) is 0 Å². The van der Waals surface area contributed by atoms with Crippen molar-refractivity contribution >= 4 is 33.2 Å². The van der Waals surface area contributed by atoms with Crippen molar-refractivity contribution in [1.82, 2.24) is 0 Å². The van der Waals surface area contributed by atoms with E-state index in [0.717, 1.165) is 5.56 Å². The summed E-state index contributed by atoms with van der Waals surface area (Å²) in [7, 11) is 0. The first-order valence-electron chi connectivity index (χ1n) is 4.43. The Labute approximate surface area is 91.8 Å². The zero-order valence-corrected chi connectivity index (χ0v) is 9.84. The minimum Gasteiger partial charge on any atom is -0.392 e. The van der Waals surface area contributed by atoms with E-state index in [9.17, 15) is 5.11 Å². The van der Waals surface area contributed by atoms with E-state index in [1.165, 1.54) is 19.9 Å². The van der Waals surface area contributed by atoms with Gasteiger partial charge < -0.3 is 5.11 Å². The molecule has 0 aliphatic heterocycles. The van der Waals surface area contributed by atoms with Crippen molar-refractivity contribution in [2.75, 3.05) is 6.26 Å². The van der Waals surface area contributed by atoms with Gasteiger partial charge in [0.25, 0.3) is 0 Å². The molecule has 14 heavy (non-hydrogen) atoms. The Morgan fingerprint density at radius 2 is 2.21 bits per heavy atom. The highest BCUT2D eigenvalue weighted by Crippen LogP contribution is 2.33. The Kier molecular flexibility index (Phi) is 2.81. The van der Waals surface area contributed by atoms with Crippen LogP contribution < -0.4 is 0 Å². The minimum atomic E-state index is 0.143. The SMILES string of the molecule is CSc1ccc2c(CO)c(C)sc2c1. The molecule has 0 aliphatic carbocycles. The van der Waals surface area contributed by atoms with Crippen molar-refractivity contribution in [3.05, 3.63) is 28.6 Å². The molecule has 0 bridgehead atoms. The van der Waals surface area contributed by atoms with Gasteiger partial charge in [0.15, 0.2) is 0 Å². The number of hydrogen-bond donors (Lipinski definition) is 1. The third-order valence-electron chi connectivity index (χ3n) is 2.36. The normalized spacial score (nSPS) is 11.1. The fraction of sp³-hybridized carbons (Fsp3) is 0.273. The maximum Gasteiger partial charge on any atom is 0.0698 e. The third-order valence-corrected chi connectivity index (χ3v) is 4.20. The molecule has 1 nitrogen and oxygen atoms in total. The highest BCUT2D eigenvalue weighted by Gasteiger charge is 2.07. The Morgan fingerprint density at radius 3 is 2.86 bits per heavy atom. The largest absolute Gasteiger partial charge is 0.392 e. The number of aliphatic hydroxyl groups excluding tert-OH is 1. The molecule has 1 aromatic heterocycles. The summed E-state index contributed by atoms with van der Waals surface area (Å²) in [6.45, 7) is 2.21. The number of thioether (sulfide) groups is 1. The van der Waals surface area contributed by atoms with Crippen LogP contribution >= 0.6 is 23.1 Å². The molecular weight excluding hydrogens is 212 g/mol. The van der Waals surface area contributed by atoms with Gasteiger partial charge in [0.1, 0.15) is 0 Å². The van der Waals surface area contributed by atoms with Gasteiger partial charge in [-0.25, -0.2) is 0 Å². The van der Waals surface area contributed by atoms with Crippen LogP contribution in [0.3, 0.4) is 0 Å². The van der Waals surface area contributed by atoms with E-state index in [4.69, 9.17) is 0 Å². The molecule has 1 aromatic carbocycles. The lowest BCUT2D eigenvalue weighted by atomic mass is 10.1. The van der Waals surface area contributed by atoms with E-state index in [-0.39, 0.29) is 6.61 Å². The molecule has 2 rings (SSSR count). The van der Waals surface area contributed by atoms with Gasteiger partial charge in [0.05, 0.1) is 6.61 Å². The molecule has 0 unspecified atom stereocenters. The standard InChI is InChI=1S/C11H12OS2/c1-7-10(6-12)9-4-3-8(13-2)5-11(9)14-7/h3-5,12H,6H2,1-2H3. The van der Waals surface area contributed by atoms with Gasteiger partial charge in [-0.2, -0.15) is 0 Å². The molecule has 0 radical (unpaired) electrons. The molecule has 0 spiro atoms. The number of hydrogen-bond acceptors (Lipinski definition) is 3. The van der Waals surface area contributed by atoms with Crippen molar-refractivity contribution in [1.29, 1.82) is 0 Å². The Balaban J connectivity index is 2.68. The van der Waals surface area contributed by atoms with E-state index in [2.05, 4.69) is 31.4 Å². The van der Waals surface area contributed by atoms with Crippen LogP contribution in [0.1, 0.15) is 10.4 Å². The summed E-state index contributed by atoms with van der Waals surface area (Å²) < 4.78 is 1.28. The van der Waals surface area contributed by atoms with Crippen molar-refractivity contribution in [3.8, 4) is 0 Å². The van der Waals surface area contributed by atoms with Gasteiger partial charge in [0.2, 0.25) is 0 Å². The molecule has 0 fully saturated rings. The number of aliphatic hydroxyl groups is 1. The molecule has 0 atom stereocenters. The molecule has 3 heteroatoms. The number of aryl methyl sites for hydroxylation is 1. The van der Waals surface area contributed by atoms with E-state index >= 15 is 0 Å². The molecule has 2 aromatic rings. The molecule has 0 aliphatic rings. The molecule has 1 N–H and O–H groups in total. The van der Waals surface area contributed by atoms with E-state index in [1.807, 2.05) is 0 Å². The average molecular weight is 224 g/mol. The predicted octanol–water partition coefficient (Wildman–Crippen LogP) is 3.42. The lowest BCUT2D eigenvalue weighted by Crippen LogP contribution is -1.82. The summed E-state index contributed by atoms with van der Waals surface area (Å²) in [4.78, 5) is 2.50. The van der Waals surface area contributed by atoms with Crippen LogP contribution in [0.4, 0.5) is 0 Å². The maximum absolute atomic E-state index is 9.23. The second-order valence-electron chi connectivity index (χ2n) is 3.16. The van der Waals surface area contributed by atoms with Gasteiger partial charge in [0, 0.05) is 14.5 Å². The fourth-order valence-electron chi connectivity index (χ4n) is 1.58. The van der Waals surface area contributed by atoms with Crippen LogP contribution in [0.5, 0.6) is 0 Å². The minimum absolute atomic E-state index is 0.143. The van der Waals surface area contributed by atoms with Gasteiger partial charge in [-0.3, -0.25) is 0 Å². The van der Waals surface area contributed by atoms with Crippen molar-refractivity contribution in [2.45, 2.75) is 18.4 Å². The maximum atomic E-state index is 9.23. The van der Waals surface area contributed by atoms with E-state index < -0.39 is 0 Å².